The van der Waals surface area contributed by atoms with Crippen molar-refractivity contribution in [1.29, 1.82) is 0 Å². The van der Waals surface area contributed by atoms with Crippen molar-refractivity contribution >= 4 is 13.5 Å². The van der Waals surface area contributed by atoms with Crippen molar-refractivity contribution in [2.75, 3.05) is 0 Å². The van der Waals surface area contributed by atoms with Crippen LogP contribution >= 0.6 is 0 Å². The molecule has 1 aromatic rings. The molecule has 0 bridgehead atoms. The van der Waals surface area contributed by atoms with E-state index >= 15 is 0 Å². The minimum absolute atomic E-state index is 0. The Bertz CT molecular complexity index is 319. The SMILES string of the molecule is [B]C[C@H]([CH2-])c1cccc([N+](=O)[O-])c1.[W]. The van der Waals surface area contributed by atoms with Gasteiger partial charge in [-0.25, -0.2) is 0 Å². The van der Waals surface area contributed by atoms with E-state index in [2.05, 4.69) is 6.92 Å². The summed E-state index contributed by atoms with van der Waals surface area (Å²) in [6, 6.07) is 6.39. The van der Waals surface area contributed by atoms with Crippen LogP contribution in [0.5, 0.6) is 0 Å². The standard InChI is InChI=1S/C9H9BNO2.W/c1-7(6-10)8-3-2-4-9(5-8)11(12)13;/h2-5,7H,1,6H2;/q-1;/t7-;/m0./s1. The molecule has 3 nitrogen and oxygen atoms in total. The summed E-state index contributed by atoms with van der Waals surface area (Å²) in [4.78, 5) is 9.99. The predicted octanol–water partition coefficient (Wildman–Crippen LogP) is 2.10. The monoisotopic (exact) mass is 358 g/mol. The van der Waals surface area contributed by atoms with Crippen molar-refractivity contribution in [1.82, 2.24) is 0 Å². The van der Waals surface area contributed by atoms with Crippen LogP contribution in [0.1, 0.15) is 11.5 Å². The summed E-state index contributed by atoms with van der Waals surface area (Å²) in [7, 11) is 5.40. The molecule has 14 heavy (non-hydrogen) atoms. The van der Waals surface area contributed by atoms with Crippen LogP contribution in [0.4, 0.5) is 5.69 Å². The largest absolute Gasteiger partial charge is 0.337 e. The summed E-state index contributed by atoms with van der Waals surface area (Å²) >= 11 is 0. The van der Waals surface area contributed by atoms with Gasteiger partial charge in [-0.2, -0.15) is 5.92 Å². The van der Waals surface area contributed by atoms with E-state index in [1.807, 2.05) is 0 Å². The molecule has 1 aromatic carbocycles. The minimum atomic E-state index is -0.424. The third-order valence-corrected chi connectivity index (χ3v) is 1.84. The molecule has 0 unspecified atom stereocenters. The first-order chi connectivity index (χ1) is 6.15. The number of benzene rings is 1. The fraction of sp³-hybridized carbons (Fsp3) is 0.222. The van der Waals surface area contributed by atoms with Crippen molar-refractivity contribution in [3.8, 4) is 0 Å². The van der Waals surface area contributed by atoms with Crippen molar-refractivity contribution in [3.63, 3.8) is 0 Å². The van der Waals surface area contributed by atoms with E-state index in [4.69, 9.17) is 7.85 Å². The van der Waals surface area contributed by atoms with E-state index in [-0.39, 0.29) is 32.7 Å². The number of rotatable bonds is 3. The molecule has 0 spiro atoms. The van der Waals surface area contributed by atoms with Gasteiger partial charge in [-0.1, -0.05) is 17.7 Å². The maximum Gasteiger partial charge on any atom is 0.269 e. The van der Waals surface area contributed by atoms with Crippen LogP contribution < -0.4 is 0 Å². The van der Waals surface area contributed by atoms with E-state index in [0.717, 1.165) is 5.56 Å². The molecule has 0 heterocycles. The summed E-state index contributed by atoms with van der Waals surface area (Å²) in [5, 5.41) is 10.4. The Morgan fingerprint density at radius 1 is 1.57 bits per heavy atom. The van der Waals surface area contributed by atoms with Gasteiger partial charge in [0, 0.05) is 33.2 Å². The van der Waals surface area contributed by atoms with Gasteiger partial charge in [0.25, 0.3) is 5.69 Å². The van der Waals surface area contributed by atoms with E-state index < -0.39 is 4.92 Å². The summed E-state index contributed by atoms with van der Waals surface area (Å²) in [5.41, 5.74) is 0.885. The third kappa shape index (κ3) is 3.26. The van der Waals surface area contributed by atoms with Gasteiger partial charge in [0.05, 0.1) is 12.8 Å². The number of nitrogens with zero attached hydrogens (tertiary/aromatic N) is 1. The van der Waals surface area contributed by atoms with Gasteiger partial charge >= 0.3 is 0 Å². The molecule has 1 atom stereocenters. The fourth-order valence-electron chi connectivity index (χ4n) is 1.03. The van der Waals surface area contributed by atoms with Crippen molar-refractivity contribution in [3.05, 3.63) is 46.9 Å². The molecule has 1 rings (SSSR count). The van der Waals surface area contributed by atoms with E-state index in [9.17, 15) is 10.1 Å². The van der Waals surface area contributed by atoms with Gasteiger partial charge in [-0.05, 0) is 0 Å². The summed E-state index contributed by atoms with van der Waals surface area (Å²) < 4.78 is 0. The van der Waals surface area contributed by atoms with Crippen molar-refractivity contribution in [2.24, 2.45) is 0 Å². The molecule has 0 aliphatic rings. The van der Waals surface area contributed by atoms with Gasteiger partial charge in [0.1, 0.15) is 0 Å². The Morgan fingerprint density at radius 2 is 2.21 bits per heavy atom. The number of hydrogen-bond acceptors (Lipinski definition) is 2. The normalized spacial score (nSPS) is 11.5. The van der Waals surface area contributed by atoms with Crippen LogP contribution in [-0.4, -0.2) is 12.8 Å². The van der Waals surface area contributed by atoms with Crippen LogP contribution in [0.3, 0.4) is 0 Å². The van der Waals surface area contributed by atoms with Crippen LogP contribution in [-0.2, 0) is 21.1 Å². The quantitative estimate of drug-likeness (QED) is 0.360. The second-order valence-electron chi connectivity index (χ2n) is 2.78. The number of non-ortho nitro benzene ring substituents is 1. The smallest absolute Gasteiger partial charge is 0.269 e. The molecule has 5 heteroatoms. The van der Waals surface area contributed by atoms with Crippen LogP contribution in [0.2, 0.25) is 6.32 Å². The summed E-state index contributed by atoms with van der Waals surface area (Å²) in [6.45, 7) is 3.78. The predicted molar refractivity (Wildman–Crippen MR) is 51.8 cm³/mol. The van der Waals surface area contributed by atoms with Gasteiger partial charge in [0.2, 0.25) is 0 Å². The molecule has 0 aromatic heterocycles. The number of nitro groups is 1. The van der Waals surface area contributed by atoms with Gasteiger partial charge in [-0.3, -0.25) is 10.1 Å². The second-order valence-corrected chi connectivity index (χ2v) is 2.78. The average molecular weight is 358 g/mol. The zero-order chi connectivity index (χ0) is 9.84. The first-order valence-corrected chi connectivity index (χ1v) is 3.92. The molecule has 0 aliphatic carbocycles. The Balaban J connectivity index is 0.00000169. The molecule has 0 fully saturated rings. The molecule has 0 amide bonds. The van der Waals surface area contributed by atoms with Crippen molar-refractivity contribution < 1.29 is 26.0 Å². The van der Waals surface area contributed by atoms with Crippen LogP contribution in [0.25, 0.3) is 0 Å². The maximum atomic E-state index is 10.4. The van der Waals surface area contributed by atoms with Crippen molar-refractivity contribution in [2.45, 2.75) is 12.2 Å². The number of hydrogen-bond donors (Lipinski definition) is 0. The zero-order valence-corrected chi connectivity index (χ0v) is 10.5. The van der Waals surface area contributed by atoms with Crippen LogP contribution in [0.15, 0.2) is 24.3 Å². The van der Waals surface area contributed by atoms with Gasteiger partial charge in [0.15, 0.2) is 0 Å². The van der Waals surface area contributed by atoms with Gasteiger partial charge < -0.3 is 6.92 Å². The molecule has 2 radical (unpaired) electrons. The molecular weight excluding hydrogens is 349 g/mol. The molecule has 72 valence electrons. The third-order valence-electron chi connectivity index (χ3n) is 1.84. The average Bonchev–Trinajstić information content (AvgIpc) is 2.17. The Hall–Kier alpha value is -0.627. The fourth-order valence-corrected chi connectivity index (χ4v) is 1.03. The van der Waals surface area contributed by atoms with E-state index in [1.54, 1.807) is 12.1 Å². The summed E-state index contributed by atoms with van der Waals surface area (Å²) in [5.74, 6) is -0.0834. The second kappa shape index (κ2) is 5.97. The molecular formula is C9H9BNO2W-. The zero-order valence-electron chi connectivity index (χ0n) is 7.55. The first-order valence-electron chi connectivity index (χ1n) is 3.92. The van der Waals surface area contributed by atoms with E-state index in [0.29, 0.717) is 6.32 Å². The summed E-state index contributed by atoms with van der Waals surface area (Å²) in [6.07, 6.45) is 0.390. The van der Waals surface area contributed by atoms with E-state index in [1.165, 1.54) is 12.1 Å². The number of nitro benzene ring substituents is 1. The topological polar surface area (TPSA) is 43.1 Å². The Kier molecular flexibility index (Phi) is 5.70. The van der Waals surface area contributed by atoms with Crippen LogP contribution in [0, 0.1) is 17.0 Å². The molecule has 0 N–H and O–H groups in total. The molecule has 0 saturated carbocycles. The Labute approximate surface area is 98.7 Å². The molecule has 0 aliphatic heterocycles. The minimum Gasteiger partial charge on any atom is -0.337 e. The Morgan fingerprint density at radius 3 is 2.71 bits per heavy atom. The maximum absolute atomic E-state index is 10.4. The first kappa shape index (κ1) is 13.4. The van der Waals surface area contributed by atoms with Gasteiger partial charge in [-0.15, -0.1) is 6.32 Å². The molecule has 0 saturated heterocycles.